The van der Waals surface area contributed by atoms with Crippen molar-refractivity contribution in [3.05, 3.63) is 76.9 Å². The maximum absolute atomic E-state index is 11.3. The Kier molecular flexibility index (Phi) is 7.61. The minimum absolute atomic E-state index is 0.0562. The Labute approximate surface area is 223 Å². The van der Waals surface area contributed by atoms with Gasteiger partial charge in [0.1, 0.15) is 33.7 Å². The zero-order valence-electron chi connectivity index (χ0n) is 21.4. The number of fused-ring (bicyclic) bond motifs is 4. The van der Waals surface area contributed by atoms with Crippen LogP contribution in [0, 0.1) is 0 Å². The van der Waals surface area contributed by atoms with Gasteiger partial charge in [0.15, 0.2) is 0 Å². The first-order valence-electron chi connectivity index (χ1n) is 12.9. The molecule has 0 saturated carbocycles. The van der Waals surface area contributed by atoms with E-state index in [1.807, 2.05) is 24.3 Å². The topological polar surface area (TPSA) is 99.1 Å². The largest absolute Gasteiger partial charge is 0.494 e. The zero-order valence-corrected chi connectivity index (χ0v) is 22.3. The molecule has 2 aliphatic rings. The summed E-state index contributed by atoms with van der Waals surface area (Å²) in [7, 11) is -2.98. The van der Waals surface area contributed by atoms with Crippen molar-refractivity contribution in [3.8, 4) is 28.4 Å². The quantitative estimate of drug-likeness (QED) is 0.356. The molecule has 200 valence electrons. The lowest BCUT2D eigenvalue weighted by Crippen LogP contribution is -2.08. The van der Waals surface area contributed by atoms with Crippen molar-refractivity contribution in [3.63, 3.8) is 0 Å². The first-order valence-corrected chi connectivity index (χ1v) is 15.0. The van der Waals surface area contributed by atoms with Gasteiger partial charge in [-0.2, -0.15) is 0 Å². The molecule has 7 nitrogen and oxygen atoms in total. The third-order valence-electron chi connectivity index (χ3n) is 7.05. The van der Waals surface area contributed by atoms with Gasteiger partial charge in [-0.25, -0.2) is 8.42 Å². The third kappa shape index (κ3) is 6.30. The number of carbonyl (C=O) groups is 1. The lowest BCUT2D eigenvalue weighted by atomic mass is 9.95. The predicted octanol–water partition coefficient (Wildman–Crippen LogP) is 5.19. The van der Waals surface area contributed by atoms with Gasteiger partial charge in [0.25, 0.3) is 0 Å². The molecule has 1 aliphatic carbocycles. The Bertz CT molecular complexity index is 1440. The van der Waals surface area contributed by atoms with Crippen LogP contribution in [0.1, 0.15) is 47.4 Å². The zero-order chi connectivity index (χ0) is 26.7. The standard InChI is InChI=1S/C30H32O7S/c1-38(33,34)13-3-12-35-24-8-10-26-22(15-24)5-2-4-21-7-6-20(14-28(21)26)18-36-25-9-11-27-23(16-30(31)32)19-37-29(27)17-25/h6-11,14-15,17,23H,2-5,12-13,16,18-19H2,1H3,(H,31,32)/t23-/m1/s1. The van der Waals surface area contributed by atoms with Crippen LogP contribution in [-0.4, -0.2) is 44.7 Å². The van der Waals surface area contributed by atoms with Crippen molar-refractivity contribution in [2.24, 2.45) is 0 Å². The highest BCUT2D eigenvalue weighted by Crippen LogP contribution is 2.39. The number of sulfone groups is 1. The molecule has 5 rings (SSSR count). The highest BCUT2D eigenvalue weighted by molar-refractivity contribution is 7.90. The highest BCUT2D eigenvalue weighted by atomic mass is 32.2. The SMILES string of the molecule is CS(=O)(=O)CCCOc1ccc2c(c1)CCCc1ccc(COc3ccc4c(c3)OC[C@H]4CC(=O)O)cc1-2. The molecule has 3 aromatic carbocycles. The van der Waals surface area contributed by atoms with Gasteiger partial charge >= 0.3 is 5.97 Å². The van der Waals surface area contributed by atoms with E-state index in [2.05, 4.69) is 30.3 Å². The molecule has 1 heterocycles. The summed E-state index contributed by atoms with van der Waals surface area (Å²) in [6, 6.07) is 18.2. The normalized spacial score (nSPS) is 16.0. The average molecular weight is 537 g/mol. The van der Waals surface area contributed by atoms with Crippen molar-refractivity contribution >= 4 is 15.8 Å². The number of carboxylic acid groups (broad SMARTS) is 1. The number of rotatable bonds is 10. The number of benzene rings is 3. The molecule has 0 aromatic heterocycles. The Morgan fingerprint density at radius 1 is 0.974 bits per heavy atom. The Hall–Kier alpha value is -3.52. The van der Waals surface area contributed by atoms with Crippen molar-refractivity contribution in [1.29, 1.82) is 0 Å². The van der Waals surface area contributed by atoms with Crippen molar-refractivity contribution in [2.75, 3.05) is 25.2 Å². The third-order valence-corrected chi connectivity index (χ3v) is 8.08. The minimum atomic E-state index is -2.98. The van der Waals surface area contributed by atoms with E-state index >= 15 is 0 Å². The summed E-state index contributed by atoms with van der Waals surface area (Å²) in [5.41, 5.74) is 6.91. The molecule has 0 saturated heterocycles. The smallest absolute Gasteiger partial charge is 0.304 e. The van der Waals surface area contributed by atoms with Crippen molar-refractivity contribution < 1.29 is 32.5 Å². The molecule has 1 atom stereocenters. The van der Waals surface area contributed by atoms with Crippen LogP contribution in [0.2, 0.25) is 0 Å². The second-order valence-corrected chi connectivity index (χ2v) is 12.3. The Morgan fingerprint density at radius 3 is 2.58 bits per heavy atom. The van der Waals surface area contributed by atoms with Crippen LogP contribution < -0.4 is 14.2 Å². The van der Waals surface area contributed by atoms with E-state index in [1.54, 1.807) is 0 Å². The monoisotopic (exact) mass is 536 g/mol. The predicted molar refractivity (Wildman–Crippen MR) is 145 cm³/mol. The van der Waals surface area contributed by atoms with Crippen LogP contribution in [0.5, 0.6) is 17.2 Å². The average Bonchev–Trinajstić information content (AvgIpc) is 3.17. The fourth-order valence-corrected chi connectivity index (χ4v) is 5.83. The molecule has 1 N–H and O–H groups in total. The fraction of sp³-hybridized carbons (Fsp3) is 0.367. The second kappa shape index (κ2) is 11.1. The number of carboxylic acids is 1. The van der Waals surface area contributed by atoms with Crippen LogP contribution >= 0.6 is 0 Å². The molecule has 0 bridgehead atoms. The Balaban J connectivity index is 1.27. The minimum Gasteiger partial charge on any atom is -0.494 e. The summed E-state index contributed by atoms with van der Waals surface area (Å²) in [5.74, 6) is 1.32. The molecule has 0 spiro atoms. The van der Waals surface area contributed by atoms with E-state index in [0.717, 1.165) is 36.1 Å². The summed E-state index contributed by atoms with van der Waals surface area (Å²) in [5, 5.41) is 9.10. The molecule has 38 heavy (non-hydrogen) atoms. The van der Waals surface area contributed by atoms with Gasteiger partial charge in [-0.3, -0.25) is 4.79 Å². The molecule has 1 aliphatic heterocycles. The van der Waals surface area contributed by atoms with Crippen LogP contribution in [0.4, 0.5) is 0 Å². The highest BCUT2D eigenvalue weighted by Gasteiger charge is 2.26. The number of aryl methyl sites for hydroxylation is 2. The number of hydrogen-bond acceptors (Lipinski definition) is 6. The number of ether oxygens (including phenoxy) is 3. The maximum Gasteiger partial charge on any atom is 0.304 e. The summed E-state index contributed by atoms with van der Waals surface area (Å²) in [6.07, 6.45) is 4.77. The maximum atomic E-state index is 11.3. The first kappa shape index (κ1) is 26.1. The van der Waals surface area contributed by atoms with Gasteiger partial charge in [-0.05, 0) is 77.8 Å². The molecule has 0 unspecified atom stereocenters. The summed E-state index contributed by atoms with van der Waals surface area (Å²) in [6.45, 7) is 1.15. The number of aliphatic carboxylic acids is 1. The van der Waals surface area contributed by atoms with Crippen molar-refractivity contribution in [1.82, 2.24) is 0 Å². The van der Waals surface area contributed by atoms with Crippen LogP contribution in [-0.2, 0) is 34.1 Å². The summed E-state index contributed by atoms with van der Waals surface area (Å²) in [4.78, 5) is 11.1. The second-order valence-electron chi connectivity index (χ2n) is 10.1. The molecule has 0 amide bonds. The van der Waals surface area contributed by atoms with Gasteiger partial charge in [0, 0.05) is 23.8 Å². The van der Waals surface area contributed by atoms with E-state index in [9.17, 15) is 13.2 Å². The molecule has 0 radical (unpaired) electrons. The Morgan fingerprint density at radius 2 is 1.76 bits per heavy atom. The molecule has 8 heteroatoms. The molecule has 0 fully saturated rings. The first-order chi connectivity index (χ1) is 18.2. The van der Waals surface area contributed by atoms with Crippen molar-refractivity contribution in [2.45, 2.75) is 44.6 Å². The van der Waals surface area contributed by atoms with Gasteiger partial charge < -0.3 is 19.3 Å². The van der Waals surface area contributed by atoms with Gasteiger partial charge in [0.2, 0.25) is 0 Å². The van der Waals surface area contributed by atoms with E-state index in [0.29, 0.717) is 37.7 Å². The van der Waals surface area contributed by atoms with Gasteiger partial charge in [0.05, 0.1) is 25.4 Å². The van der Waals surface area contributed by atoms with Crippen LogP contribution in [0.25, 0.3) is 11.1 Å². The summed E-state index contributed by atoms with van der Waals surface area (Å²) < 4.78 is 40.3. The van der Waals surface area contributed by atoms with E-state index in [-0.39, 0.29) is 18.1 Å². The molecular formula is C30H32O7S. The molecular weight excluding hydrogens is 504 g/mol. The van der Waals surface area contributed by atoms with E-state index in [4.69, 9.17) is 19.3 Å². The van der Waals surface area contributed by atoms with Crippen LogP contribution in [0.15, 0.2) is 54.6 Å². The summed E-state index contributed by atoms with van der Waals surface area (Å²) >= 11 is 0. The lowest BCUT2D eigenvalue weighted by molar-refractivity contribution is -0.137. The van der Waals surface area contributed by atoms with E-state index < -0.39 is 15.8 Å². The fourth-order valence-electron chi connectivity index (χ4n) is 5.19. The van der Waals surface area contributed by atoms with Gasteiger partial charge in [-0.1, -0.05) is 24.3 Å². The van der Waals surface area contributed by atoms with Crippen LogP contribution in [0.3, 0.4) is 0 Å². The lowest BCUT2D eigenvalue weighted by Gasteiger charge is -2.14. The number of hydrogen-bond donors (Lipinski definition) is 1. The van der Waals surface area contributed by atoms with E-state index in [1.165, 1.54) is 28.5 Å². The van der Waals surface area contributed by atoms with Gasteiger partial charge in [-0.15, -0.1) is 0 Å². The molecule has 3 aromatic rings.